The lowest BCUT2D eigenvalue weighted by atomic mass is 10.2. The molecule has 3 rings (SSSR count). The van der Waals surface area contributed by atoms with Crippen LogP contribution in [0.3, 0.4) is 0 Å². The summed E-state index contributed by atoms with van der Waals surface area (Å²) in [4.78, 5) is 20.3. The normalized spacial score (nSPS) is 18.6. The summed E-state index contributed by atoms with van der Waals surface area (Å²) in [6.07, 6.45) is 7.01. The molecule has 6 nitrogen and oxygen atoms in total. The lowest BCUT2D eigenvalue weighted by molar-refractivity contribution is -0.112. The molecule has 2 N–H and O–H groups in total. The van der Waals surface area contributed by atoms with Crippen LogP contribution in [-0.4, -0.2) is 44.6 Å². The van der Waals surface area contributed by atoms with Crippen LogP contribution in [0.25, 0.3) is 0 Å². The molecule has 1 amide bonds. The van der Waals surface area contributed by atoms with E-state index in [4.69, 9.17) is 4.74 Å². The number of carbonyl (C=O) groups excluding carboxylic acids is 1. The molecule has 0 radical (unpaired) electrons. The van der Waals surface area contributed by atoms with Crippen molar-refractivity contribution in [2.24, 2.45) is 15.9 Å². The van der Waals surface area contributed by atoms with Gasteiger partial charge < -0.3 is 15.4 Å². The Morgan fingerprint density at radius 1 is 1.40 bits per heavy atom. The molecular formula is C18H21FN4O2. The van der Waals surface area contributed by atoms with Crippen LogP contribution in [0, 0.1) is 11.7 Å². The molecule has 1 saturated heterocycles. The predicted molar refractivity (Wildman–Crippen MR) is 96.0 cm³/mol. The Labute approximate surface area is 145 Å². The second-order valence-electron chi connectivity index (χ2n) is 6.10. The average molecular weight is 344 g/mol. The van der Waals surface area contributed by atoms with Crippen LogP contribution in [0.2, 0.25) is 0 Å². The molecular weight excluding hydrogens is 323 g/mol. The number of benzene rings is 1. The average Bonchev–Trinajstić information content (AvgIpc) is 3.37. The Bertz CT molecular complexity index is 722. The Morgan fingerprint density at radius 2 is 2.20 bits per heavy atom. The van der Waals surface area contributed by atoms with Gasteiger partial charge in [0.05, 0.1) is 11.3 Å². The number of nitrogens with one attached hydrogen (secondary N) is 2. The number of hydrogen-bond acceptors (Lipinski definition) is 5. The van der Waals surface area contributed by atoms with Gasteiger partial charge in [-0.05, 0) is 30.9 Å². The van der Waals surface area contributed by atoms with E-state index in [1.165, 1.54) is 24.5 Å². The highest BCUT2D eigenvalue weighted by molar-refractivity contribution is 6.17. The van der Waals surface area contributed by atoms with Crippen molar-refractivity contribution in [3.8, 4) is 5.75 Å². The zero-order valence-electron chi connectivity index (χ0n) is 14.0. The molecule has 1 aliphatic carbocycles. The van der Waals surface area contributed by atoms with Crippen molar-refractivity contribution in [2.75, 3.05) is 25.5 Å². The van der Waals surface area contributed by atoms with E-state index >= 15 is 0 Å². The molecule has 1 saturated carbocycles. The van der Waals surface area contributed by atoms with Gasteiger partial charge in [-0.15, -0.1) is 0 Å². The van der Waals surface area contributed by atoms with Crippen LogP contribution in [0.4, 0.5) is 10.1 Å². The summed E-state index contributed by atoms with van der Waals surface area (Å²) < 4.78 is 19.8. The fourth-order valence-corrected chi connectivity index (χ4v) is 2.18. The number of anilines is 1. The summed E-state index contributed by atoms with van der Waals surface area (Å²) in [5, 5.41) is 5.62. The molecule has 0 bridgehead atoms. The number of rotatable bonds is 7. The minimum atomic E-state index is -0.549. The number of carbonyl (C=O) groups is 1. The summed E-state index contributed by atoms with van der Waals surface area (Å²) in [5.74, 6) is -0.0568. The van der Waals surface area contributed by atoms with Crippen LogP contribution in [0.5, 0.6) is 5.75 Å². The van der Waals surface area contributed by atoms with E-state index in [9.17, 15) is 9.18 Å². The number of amides is 1. The highest BCUT2D eigenvalue weighted by Crippen LogP contribution is 2.26. The molecule has 2 aliphatic rings. The van der Waals surface area contributed by atoms with Crippen LogP contribution in [-0.2, 0) is 4.79 Å². The third-order valence-electron chi connectivity index (χ3n) is 3.90. The Hall–Kier alpha value is -2.54. The van der Waals surface area contributed by atoms with Gasteiger partial charge in [-0.3, -0.25) is 14.8 Å². The van der Waals surface area contributed by atoms with Gasteiger partial charge in [0.2, 0.25) is 0 Å². The Kier molecular flexibility index (Phi) is 5.55. The number of halogens is 1. The van der Waals surface area contributed by atoms with E-state index in [-0.39, 0.29) is 17.4 Å². The minimum Gasteiger partial charge on any atom is -0.488 e. The molecule has 1 aliphatic heterocycles. The standard InChI is InChI=1S/C18H21FN4O2/c1-20-8-13(9-21-7-12-2-3-12)18(24)23-17-5-4-14(6-16(17)19)25-15-10-22-11-15/h4-9,12,15,22H,2-3,10-11H2,1H3,(H,23,24)/b13-9+,20-8?,21-7?. The van der Waals surface area contributed by atoms with Crippen molar-refractivity contribution in [1.82, 2.24) is 5.32 Å². The fraction of sp³-hybridized carbons (Fsp3) is 0.389. The first kappa shape index (κ1) is 17.3. The van der Waals surface area contributed by atoms with Crippen molar-refractivity contribution in [3.05, 3.63) is 35.8 Å². The quantitative estimate of drug-likeness (QED) is 0.588. The number of aliphatic imine (C=N–C) groups is 2. The maximum absolute atomic E-state index is 14.2. The van der Waals surface area contributed by atoms with E-state index in [1.807, 2.05) is 6.21 Å². The molecule has 0 atom stereocenters. The van der Waals surface area contributed by atoms with Gasteiger partial charge in [0.15, 0.2) is 0 Å². The monoisotopic (exact) mass is 344 g/mol. The summed E-state index contributed by atoms with van der Waals surface area (Å²) in [6.45, 7) is 1.51. The van der Waals surface area contributed by atoms with E-state index in [0.29, 0.717) is 11.7 Å². The van der Waals surface area contributed by atoms with Crippen LogP contribution < -0.4 is 15.4 Å². The van der Waals surface area contributed by atoms with Gasteiger partial charge in [0, 0.05) is 44.8 Å². The van der Waals surface area contributed by atoms with Crippen LogP contribution in [0.1, 0.15) is 12.8 Å². The first-order chi connectivity index (χ1) is 12.2. The maximum Gasteiger partial charge on any atom is 0.258 e. The zero-order chi connectivity index (χ0) is 17.6. The van der Waals surface area contributed by atoms with Gasteiger partial charge in [-0.1, -0.05) is 0 Å². The molecule has 132 valence electrons. The highest BCUT2D eigenvalue weighted by Gasteiger charge is 2.19. The molecule has 2 fully saturated rings. The molecule has 1 aromatic rings. The van der Waals surface area contributed by atoms with E-state index in [1.54, 1.807) is 13.1 Å². The van der Waals surface area contributed by atoms with Gasteiger partial charge in [0.25, 0.3) is 5.91 Å². The second kappa shape index (κ2) is 8.02. The summed E-state index contributed by atoms with van der Waals surface area (Å²) in [7, 11) is 1.56. The molecule has 0 spiro atoms. The Balaban J connectivity index is 1.65. The van der Waals surface area contributed by atoms with Gasteiger partial charge in [0.1, 0.15) is 17.7 Å². The van der Waals surface area contributed by atoms with Gasteiger partial charge in [-0.2, -0.15) is 0 Å². The highest BCUT2D eigenvalue weighted by atomic mass is 19.1. The van der Waals surface area contributed by atoms with E-state index in [2.05, 4.69) is 20.6 Å². The third-order valence-corrected chi connectivity index (χ3v) is 3.90. The van der Waals surface area contributed by atoms with Crippen LogP contribution in [0.15, 0.2) is 40.0 Å². The molecule has 25 heavy (non-hydrogen) atoms. The maximum atomic E-state index is 14.2. The molecule has 0 aromatic heterocycles. The largest absolute Gasteiger partial charge is 0.488 e. The SMILES string of the molecule is CN=C/C(=C\N=CC1CC1)C(=O)Nc1ccc(OC2CNC2)cc1F. The molecule has 0 unspecified atom stereocenters. The van der Waals surface area contributed by atoms with Crippen molar-refractivity contribution >= 4 is 24.0 Å². The minimum absolute atomic E-state index is 0.0690. The second-order valence-corrected chi connectivity index (χ2v) is 6.10. The van der Waals surface area contributed by atoms with Crippen molar-refractivity contribution < 1.29 is 13.9 Å². The van der Waals surface area contributed by atoms with Crippen LogP contribution >= 0.6 is 0 Å². The van der Waals surface area contributed by atoms with E-state index < -0.39 is 11.7 Å². The van der Waals surface area contributed by atoms with Crippen molar-refractivity contribution in [3.63, 3.8) is 0 Å². The summed E-state index contributed by atoms with van der Waals surface area (Å²) in [5.41, 5.74) is 0.352. The van der Waals surface area contributed by atoms with Crippen molar-refractivity contribution in [1.29, 1.82) is 0 Å². The fourth-order valence-electron chi connectivity index (χ4n) is 2.18. The lowest BCUT2D eigenvalue weighted by Gasteiger charge is -2.27. The predicted octanol–water partition coefficient (Wildman–Crippen LogP) is 2.18. The molecule has 7 heteroatoms. The van der Waals surface area contributed by atoms with Gasteiger partial charge >= 0.3 is 0 Å². The molecule has 1 aromatic carbocycles. The zero-order valence-corrected chi connectivity index (χ0v) is 14.0. The first-order valence-electron chi connectivity index (χ1n) is 8.29. The third kappa shape index (κ3) is 4.96. The van der Waals surface area contributed by atoms with Crippen molar-refractivity contribution in [2.45, 2.75) is 18.9 Å². The van der Waals surface area contributed by atoms with Gasteiger partial charge in [-0.25, -0.2) is 4.39 Å². The molecule has 1 heterocycles. The number of hydrogen-bond donors (Lipinski definition) is 2. The topological polar surface area (TPSA) is 75.1 Å². The summed E-state index contributed by atoms with van der Waals surface area (Å²) in [6, 6.07) is 4.40. The summed E-state index contributed by atoms with van der Waals surface area (Å²) >= 11 is 0. The smallest absolute Gasteiger partial charge is 0.258 e. The number of ether oxygens (including phenoxy) is 1. The first-order valence-corrected chi connectivity index (χ1v) is 8.29. The Morgan fingerprint density at radius 3 is 2.80 bits per heavy atom. The lowest BCUT2D eigenvalue weighted by Crippen LogP contribution is -2.50. The van der Waals surface area contributed by atoms with E-state index in [0.717, 1.165) is 25.9 Å². The number of nitrogens with zero attached hydrogens (tertiary/aromatic N) is 2.